The molecule has 16 heavy (non-hydrogen) atoms. The minimum Gasteiger partial charge on any atom is -0.312 e. The zero-order valence-corrected chi connectivity index (χ0v) is 10.5. The maximum atomic E-state index is 5.80. The number of nitrogens with two attached hydrogens (primary N) is 4. The SMILES string of the molecule is Cc1c(C)c(C(N)N)c(C)c(C(N)N)c1C. The molecule has 0 saturated heterocycles. The number of hydrogen-bond donors (Lipinski definition) is 4. The van der Waals surface area contributed by atoms with Crippen LogP contribution in [0.1, 0.15) is 45.7 Å². The summed E-state index contributed by atoms with van der Waals surface area (Å²) in [6.45, 7) is 8.08. The first-order valence-corrected chi connectivity index (χ1v) is 5.41. The van der Waals surface area contributed by atoms with Crippen LogP contribution >= 0.6 is 0 Å². The third kappa shape index (κ3) is 1.97. The Kier molecular flexibility index (Phi) is 3.70. The maximum absolute atomic E-state index is 5.80. The lowest BCUT2D eigenvalue weighted by Crippen LogP contribution is -2.28. The summed E-state index contributed by atoms with van der Waals surface area (Å²) in [6.07, 6.45) is -0.978. The van der Waals surface area contributed by atoms with E-state index in [9.17, 15) is 0 Å². The Morgan fingerprint density at radius 2 is 0.875 bits per heavy atom. The highest BCUT2D eigenvalue weighted by atomic mass is 14.9. The lowest BCUT2D eigenvalue weighted by molar-refractivity contribution is 0.722. The molecule has 0 saturated carbocycles. The van der Waals surface area contributed by atoms with Crippen LogP contribution in [0.3, 0.4) is 0 Å². The fourth-order valence-electron chi connectivity index (χ4n) is 2.39. The third-order valence-corrected chi connectivity index (χ3v) is 3.41. The second kappa shape index (κ2) is 4.51. The summed E-state index contributed by atoms with van der Waals surface area (Å²) in [6, 6.07) is 0. The molecule has 8 N–H and O–H groups in total. The van der Waals surface area contributed by atoms with Crippen molar-refractivity contribution < 1.29 is 0 Å². The standard InChI is InChI=1S/C12H22N4/c1-5-6(2)9(11(13)14)8(4)10(7(5)3)12(15)16/h11-12H,13-16H2,1-4H3. The molecule has 4 nitrogen and oxygen atoms in total. The van der Waals surface area contributed by atoms with Gasteiger partial charge in [0.2, 0.25) is 0 Å². The quantitative estimate of drug-likeness (QED) is 0.554. The van der Waals surface area contributed by atoms with Crippen LogP contribution in [0.2, 0.25) is 0 Å². The average molecular weight is 222 g/mol. The average Bonchev–Trinajstić information content (AvgIpc) is 2.13. The van der Waals surface area contributed by atoms with E-state index < -0.39 is 12.3 Å². The van der Waals surface area contributed by atoms with Crippen LogP contribution in [0.5, 0.6) is 0 Å². The molecule has 90 valence electrons. The predicted molar refractivity (Wildman–Crippen MR) is 67.6 cm³/mol. The summed E-state index contributed by atoms with van der Waals surface area (Å²) >= 11 is 0. The fourth-order valence-corrected chi connectivity index (χ4v) is 2.39. The Balaban J connectivity index is 3.66. The molecule has 0 aliphatic heterocycles. The van der Waals surface area contributed by atoms with Gasteiger partial charge in [0.05, 0.1) is 12.3 Å². The molecular weight excluding hydrogens is 200 g/mol. The molecule has 0 aliphatic carbocycles. The summed E-state index contributed by atoms with van der Waals surface area (Å²) in [5.41, 5.74) is 29.6. The summed E-state index contributed by atoms with van der Waals surface area (Å²) < 4.78 is 0. The summed E-state index contributed by atoms with van der Waals surface area (Å²) in [5, 5.41) is 0. The van der Waals surface area contributed by atoms with Crippen molar-refractivity contribution in [1.29, 1.82) is 0 Å². The molecule has 4 heteroatoms. The van der Waals surface area contributed by atoms with Gasteiger partial charge in [-0.3, -0.25) is 0 Å². The van der Waals surface area contributed by atoms with Gasteiger partial charge in [-0.2, -0.15) is 0 Å². The smallest absolute Gasteiger partial charge is 0.0790 e. The number of rotatable bonds is 2. The molecule has 1 rings (SSSR count). The van der Waals surface area contributed by atoms with E-state index in [0.29, 0.717) is 0 Å². The Labute approximate surface area is 97.0 Å². The molecule has 0 aliphatic rings. The molecule has 1 aromatic rings. The zero-order chi connectivity index (χ0) is 12.6. The number of hydrogen-bond acceptors (Lipinski definition) is 4. The van der Waals surface area contributed by atoms with E-state index in [1.807, 2.05) is 27.7 Å². The first-order chi connectivity index (χ1) is 7.29. The van der Waals surface area contributed by atoms with Gasteiger partial charge >= 0.3 is 0 Å². The molecule has 0 amide bonds. The van der Waals surface area contributed by atoms with Crippen LogP contribution in [-0.2, 0) is 0 Å². The lowest BCUT2D eigenvalue weighted by Gasteiger charge is -2.24. The molecule has 0 unspecified atom stereocenters. The highest BCUT2D eigenvalue weighted by Gasteiger charge is 2.19. The van der Waals surface area contributed by atoms with E-state index in [-0.39, 0.29) is 0 Å². The van der Waals surface area contributed by atoms with Gasteiger partial charge in [0.15, 0.2) is 0 Å². The Hall–Kier alpha value is -0.940. The van der Waals surface area contributed by atoms with E-state index in [2.05, 4.69) is 0 Å². The van der Waals surface area contributed by atoms with Crippen LogP contribution in [0.4, 0.5) is 0 Å². The van der Waals surface area contributed by atoms with Crippen molar-refractivity contribution in [3.8, 4) is 0 Å². The molecule has 0 aromatic heterocycles. The second-order valence-corrected chi connectivity index (χ2v) is 4.38. The van der Waals surface area contributed by atoms with E-state index in [1.165, 1.54) is 0 Å². The fraction of sp³-hybridized carbons (Fsp3) is 0.500. The maximum Gasteiger partial charge on any atom is 0.0790 e. The van der Waals surface area contributed by atoms with Crippen LogP contribution < -0.4 is 22.9 Å². The van der Waals surface area contributed by atoms with Gasteiger partial charge in [0, 0.05) is 0 Å². The van der Waals surface area contributed by atoms with Crippen molar-refractivity contribution in [1.82, 2.24) is 0 Å². The van der Waals surface area contributed by atoms with E-state index in [1.54, 1.807) is 0 Å². The van der Waals surface area contributed by atoms with Crippen molar-refractivity contribution in [3.05, 3.63) is 33.4 Å². The summed E-state index contributed by atoms with van der Waals surface area (Å²) in [4.78, 5) is 0. The number of benzene rings is 1. The molecule has 0 atom stereocenters. The van der Waals surface area contributed by atoms with E-state index in [0.717, 1.165) is 33.4 Å². The van der Waals surface area contributed by atoms with Crippen molar-refractivity contribution in [3.63, 3.8) is 0 Å². The van der Waals surface area contributed by atoms with Crippen molar-refractivity contribution in [2.75, 3.05) is 0 Å². The Morgan fingerprint density at radius 1 is 0.562 bits per heavy atom. The van der Waals surface area contributed by atoms with Gasteiger partial charge in [-0.05, 0) is 61.1 Å². The normalized spacial score (nSPS) is 11.6. The van der Waals surface area contributed by atoms with Gasteiger partial charge in [-0.1, -0.05) is 0 Å². The predicted octanol–water partition coefficient (Wildman–Crippen LogP) is 0.752. The first-order valence-electron chi connectivity index (χ1n) is 5.41. The minimum absolute atomic E-state index is 0.489. The summed E-state index contributed by atoms with van der Waals surface area (Å²) in [7, 11) is 0. The van der Waals surface area contributed by atoms with Gasteiger partial charge in [-0.15, -0.1) is 0 Å². The second-order valence-electron chi connectivity index (χ2n) is 4.38. The Bertz CT molecular complexity index is 373. The van der Waals surface area contributed by atoms with Gasteiger partial charge < -0.3 is 22.9 Å². The van der Waals surface area contributed by atoms with Gasteiger partial charge in [0.1, 0.15) is 0 Å². The van der Waals surface area contributed by atoms with Crippen LogP contribution in [0.25, 0.3) is 0 Å². The monoisotopic (exact) mass is 222 g/mol. The third-order valence-electron chi connectivity index (χ3n) is 3.41. The summed E-state index contributed by atoms with van der Waals surface area (Å²) in [5.74, 6) is 0. The molecule has 0 spiro atoms. The van der Waals surface area contributed by atoms with Gasteiger partial charge in [0.25, 0.3) is 0 Å². The highest BCUT2D eigenvalue weighted by molar-refractivity contribution is 5.51. The molecule has 0 bridgehead atoms. The van der Waals surface area contributed by atoms with E-state index in [4.69, 9.17) is 22.9 Å². The van der Waals surface area contributed by atoms with E-state index >= 15 is 0 Å². The van der Waals surface area contributed by atoms with Crippen LogP contribution in [0, 0.1) is 27.7 Å². The largest absolute Gasteiger partial charge is 0.312 e. The van der Waals surface area contributed by atoms with Gasteiger partial charge in [-0.25, -0.2) is 0 Å². The molecule has 0 radical (unpaired) electrons. The molecule has 0 heterocycles. The topological polar surface area (TPSA) is 104 Å². The minimum atomic E-state index is -0.489. The van der Waals surface area contributed by atoms with Crippen LogP contribution in [0.15, 0.2) is 0 Å². The molecule has 1 aromatic carbocycles. The van der Waals surface area contributed by atoms with Crippen molar-refractivity contribution in [2.45, 2.75) is 40.0 Å². The first kappa shape index (κ1) is 13.1. The van der Waals surface area contributed by atoms with Crippen LogP contribution in [-0.4, -0.2) is 0 Å². The highest BCUT2D eigenvalue weighted by Crippen LogP contribution is 2.30. The molecule has 0 fully saturated rings. The molecular formula is C12H22N4. The lowest BCUT2D eigenvalue weighted by atomic mass is 9.87. The van der Waals surface area contributed by atoms with Crippen molar-refractivity contribution in [2.24, 2.45) is 22.9 Å². The van der Waals surface area contributed by atoms with Crippen molar-refractivity contribution >= 4 is 0 Å². The Morgan fingerprint density at radius 3 is 1.12 bits per heavy atom. The zero-order valence-electron chi connectivity index (χ0n) is 10.5.